The van der Waals surface area contributed by atoms with E-state index in [-0.39, 0.29) is 5.41 Å². The third kappa shape index (κ3) is 2.61. The van der Waals surface area contributed by atoms with Gasteiger partial charge in [0.2, 0.25) is 0 Å². The molecule has 0 amide bonds. The summed E-state index contributed by atoms with van der Waals surface area (Å²) in [5.41, 5.74) is 9.64. The molecule has 1 aliphatic carbocycles. The Morgan fingerprint density at radius 2 is 1.67 bits per heavy atom. The SMILES string of the molecule is Cc1ccc(C2(C(N)CC(C)C)CCCC2)cc1. The van der Waals surface area contributed by atoms with E-state index in [0.29, 0.717) is 12.0 Å². The molecule has 1 unspecified atom stereocenters. The van der Waals surface area contributed by atoms with Crippen LogP contribution < -0.4 is 5.73 Å². The summed E-state index contributed by atoms with van der Waals surface area (Å²) in [7, 11) is 0. The molecule has 0 heterocycles. The predicted octanol–water partition coefficient (Wildman–Crippen LogP) is 4.18. The normalized spacial score (nSPS) is 20.3. The molecule has 2 rings (SSSR count). The summed E-state index contributed by atoms with van der Waals surface area (Å²) in [6.07, 6.45) is 6.33. The van der Waals surface area contributed by atoms with Gasteiger partial charge in [-0.05, 0) is 37.7 Å². The molecule has 1 aliphatic rings. The first-order valence-electron chi connectivity index (χ1n) is 7.37. The quantitative estimate of drug-likeness (QED) is 0.846. The lowest BCUT2D eigenvalue weighted by atomic mass is 9.70. The first-order valence-corrected chi connectivity index (χ1v) is 7.37. The molecule has 1 saturated carbocycles. The minimum Gasteiger partial charge on any atom is -0.327 e. The molecule has 0 bridgehead atoms. The maximum absolute atomic E-state index is 6.58. The molecular weight excluding hydrogens is 218 g/mol. The van der Waals surface area contributed by atoms with Crippen LogP contribution in [0, 0.1) is 12.8 Å². The summed E-state index contributed by atoms with van der Waals surface area (Å²) in [6, 6.07) is 9.39. The van der Waals surface area contributed by atoms with Crippen LogP contribution in [0.3, 0.4) is 0 Å². The highest BCUT2D eigenvalue weighted by Gasteiger charge is 2.40. The minimum absolute atomic E-state index is 0.248. The second-order valence-corrected chi connectivity index (χ2v) is 6.47. The lowest BCUT2D eigenvalue weighted by Gasteiger charge is -2.37. The van der Waals surface area contributed by atoms with E-state index in [1.54, 1.807) is 0 Å². The van der Waals surface area contributed by atoms with Crippen LogP contribution in [0.5, 0.6) is 0 Å². The van der Waals surface area contributed by atoms with Crippen LogP contribution in [-0.2, 0) is 5.41 Å². The van der Waals surface area contributed by atoms with Crippen molar-refractivity contribution in [2.24, 2.45) is 11.7 Å². The molecular formula is C17H27N. The molecule has 1 atom stereocenters. The highest BCUT2D eigenvalue weighted by molar-refractivity contribution is 5.31. The van der Waals surface area contributed by atoms with Gasteiger partial charge in [-0.15, -0.1) is 0 Å². The van der Waals surface area contributed by atoms with E-state index in [2.05, 4.69) is 45.0 Å². The molecule has 1 nitrogen and oxygen atoms in total. The van der Waals surface area contributed by atoms with E-state index in [1.807, 2.05) is 0 Å². The van der Waals surface area contributed by atoms with E-state index in [4.69, 9.17) is 5.73 Å². The fourth-order valence-electron chi connectivity index (χ4n) is 3.50. The van der Waals surface area contributed by atoms with Crippen molar-refractivity contribution in [1.82, 2.24) is 0 Å². The fraction of sp³-hybridized carbons (Fsp3) is 0.647. The van der Waals surface area contributed by atoms with E-state index in [0.717, 1.165) is 6.42 Å². The molecule has 1 aromatic rings. The zero-order valence-corrected chi connectivity index (χ0v) is 12.1. The summed E-state index contributed by atoms with van der Waals surface area (Å²) in [4.78, 5) is 0. The Morgan fingerprint density at radius 3 is 2.17 bits per heavy atom. The van der Waals surface area contributed by atoms with Gasteiger partial charge in [0.1, 0.15) is 0 Å². The number of rotatable bonds is 4. The number of benzene rings is 1. The third-order valence-electron chi connectivity index (χ3n) is 4.56. The largest absolute Gasteiger partial charge is 0.327 e. The maximum atomic E-state index is 6.58. The van der Waals surface area contributed by atoms with Gasteiger partial charge in [-0.1, -0.05) is 56.5 Å². The van der Waals surface area contributed by atoms with Crippen molar-refractivity contribution in [3.63, 3.8) is 0 Å². The van der Waals surface area contributed by atoms with Crippen LogP contribution >= 0.6 is 0 Å². The van der Waals surface area contributed by atoms with Gasteiger partial charge in [0, 0.05) is 11.5 Å². The lowest BCUT2D eigenvalue weighted by molar-refractivity contribution is 0.307. The van der Waals surface area contributed by atoms with Crippen molar-refractivity contribution >= 4 is 0 Å². The van der Waals surface area contributed by atoms with Crippen molar-refractivity contribution in [3.8, 4) is 0 Å². The van der Waals surface area contributed by atoms with Gasteiger partial charge in [0.15, 0.2) is 0 Å². The molecule has 1 heteroatoms. The predicted molar refractivity (Wildman–Crippen MR) is 78.8 cm³/mol. The summed E-state index contributed by atoms with van der Waals surface area (Å²) in [6.45, 7) is 6.70. The van der Waals surface area contributed by atoms with Gasteiger partial charge in [0.25, 0.3) is 0 Å². The number of nitrogens with two attached hydrogens (primary N) is 1. The van der Waals surface area contributed by atoms with Crippen molar-refractivity contribution in [2.75, 3.05) is 0 Å². The van der Waals surface area contributed by atoms with Crippen LogP contribution in [0.2, 0.25) is 0 Å². The zero-order chi connectivity index (χ0) is 13.2. The number of aryl methyl sites for hydroxylation is 1. The Hall–Kier alpha value is -0.820. The number of hydrogen-bond acceptors (Lipinski definition) is 1. The molecule has 0 spiro atoms. The van der Waals surface area contributed by atoms with Gasteiger partial charge in [-0.3, -0.25) is 0 Å². The first-order chi connectivity index (χ1) is 8.54. The Balaban J connectivity index is 2.28. The topological polar surface area (TPSA) is 26.0 Å². The maximum Gasteiger partial charge on any atom is 0.0139 e. The zero-order valence-electron chi connectivity index (χ0n) is 12.1. The van der Waals surface area contributed by atoms with Gasteiger partial charge in [-0.2, -0.15) is 0 Å². The lowest BCUT2D eigenvalue weighted by Crippen LogP contribution is -2.44. The highest BCUT2D eigenvalue weighted by Crippen LogP contribution is 2.44. The molecule has 2 N–H and O–H groups in total. The molecule has 100 valence electrons. The van der Waals surface area contributed by atoms with Crippen LogP contribution in [0.15, 0.2) is 24.3 Å². The molecule has 1 fully saturated rings. The van der Waals surface area contributed by atoms with Gasteiger partial charge < -0.3 is 5.73 Å². The Kier molecular flexibility index (Phi) is 4.11. The van der Waals surface area contributed by atoms with E-state index >= 15 is 0 Å². The van der Waals surface area contributed by atoms with E-state index < -0.39 is 0 Å². The smallest absolute Gasteiger partial charge is 0.0139 e. The molecule has 18 heavy (non-hydrogen) atoms. The second-order valence-electron chi connectivity index (χ2n) is 6.47. The standard InChI is InChI=1S/C17H27N/c1-13(2)12-16(18)17(10-4-5-11-17)15-8-6-14(3)7-9-15/h6-9,13,16H,4-5,10-12,18H2,1-3H3. The molecule has 0 saturated heterocycles. The molecule has 0 aromatic heterocycles. The Bertz CT molecular complexity index is 371. The van der Waals surface area contributed by atoms with Gasteiger partial charge >= 0.3 is 0 Å². The first kappa shape index (κ1) is 13.6. The van der Waals surface area contributed by atoms with Crippen LogP contribution in [-0.4, -0.2) is 6.04 Å². The molecule has 1 aromatic carbocycles. The van der Waals surface area contributed by atoms with Crippen LogP contribution in [0.1, 0.15) is 57.1 Å². The fourth-order valence-corrected chi connectivity index (χ4v) is 3.50. The van der Waals surface area contributed by atoms with Crippen LogP contribution in [0.25, 0.3) is 0 Å². The van der Waals surface area contributed by atoms with Crippen molar-refractivity contribution in [2.45, 2.75) is 64.3 Å². The second kappa shape index (κ2) is 5.44. The van der Waals surface area contributed by atoms with Gasteiger partial charge in [-0.25, -0.2) is 0 Å². The summed E-state index contributed by atoms with van der Waals surface area (Å²) in [5, 5.41) is 0. The number of hydrogen-bond donors (Lipinski definition) is 1. The Labute approximate surface area is 112 Å². The van der Waals surface area contributed by atoms with Crippen molar-refractivity contribution < 1.29 is 0 Å². The molecule has 0 aliphatic heterocycles. The van der Waals surface area contributed by atoms with Gasteiger partial charge in [0.05, 0.1) is 0 Å². The average molecular weight is 245 g/mol. The summed E-state index contributed by atoms with van der Waals surface area (Å²) < 4.78 is 0. The monoisotopic (exact) mass is 245 g/mol. The summed E-state index contributed by atoms with van der Waals surface area (Å²) in [5.74, 6) is 0.683. The van der Waals surface area contributed by atoms with E-state index in [9.17, 15) is 0 Å². The average Bonchev–Trinajstić information content (AvgIpc) is 2.79. The molecule has 0 radical (unpaired) electrons. The van der Waals surface area contributed by atoms with Crippen molar-refractivity contribution in [1.29, 1.82) is 0 Å². The summed E-state index contributed by atoms with van der Waals surface area (Å²) >= 11 is 0. The van der Waals surface area contributed by atoms with E-state index in [1.165, 1.54) is 36.8 Å². The Morgan fingerprint density at radius 1 is 1.11 bits per heavy atom. The third-order valence-corrected chi connectivity index (χ3v) is 4.56. The highest BCUT2D eigenvalue weighted by atomic mass is 14.7. The van der Waals surface area contributed by atoms with Crippen molar-refractivity contribution in [3.05, 3.63) is 35.4 Å². The van der Waals surface area contributed by atoms with Crippen LogP contribution in [0.4, 0.5) is 0 Å². The minimum atomic E-state index is 0.248.